The number of thioether (sulfide) groups is 1. The first-order valence-electron chi connectivity index (χ1n) is 8.05. The summed E-state index contributed by atoms with van der Waals surface area (Å²) >= 11 is 1.43. The highest BCUT2D eigenvalue weighted by Crippen LogP contribution is 2.31. The summed E-state index contributed by atoms with van der Waals surface area (Å²) in [4.78, 5) is 18.7. The van der Waals surface area contributed by atoms with Crippen molar-refractivity contribution in [2.24, 2.45) is 4.99 Å². The molecule has 1 aliphatic rings. The van der Waals surface area contributed by atoms with E-state index in [2.05, 4.69) is 16.4 Å². The zero-order valence-electron chi connectivity index (χ0n) is 13.9. The molecule has 5 nitrogen and oxygen atoms in total. The molecule has 0 atom stereocenters. The second-order valence-electron chi connectivity index (χ2n) is 5.52. The SMILES string of the molecule is CCNc1ccc(C#N)cc1/N=C1\SCC(=O)N1Cc1ccccc1. The van der Waals surface area contributed by atoms with Crippen LogP contribution in [-0.4, -0.2) is 28.3 Å². The van der Waals surface area contributed by atoms with Gasteiger partial charge in [-0.25, -0.2) is 4.99 Å². The van der Waals surface area contributed by atoms with Gasteiger partial charge in [-0.15, -0.1) is 0 Å². The summed E-state index contributed by atoms with van der Waals surface area (Å²) in [5.74, 6) is 0.439. The van der Waals surface area contributed by atoms with Crippen LogP contribution in [0.3, 0.4) is 0 Å². The predicted octanol–water partition coefficient (Wildman–Crippen LogP) is 3.75. The van der Waals surface area contributed by atoms with Crippen molar-refractivity contribution in [3.63, 3.8) is 0 Å². The van der Waals surface area contributed by atoms with Crippen LogP contribution in [0.25, 0.3) is 0 Å². The summed E-state index contributed by atoms with van der Waals surface area (Å²) in [6.45, 7) is 3.26. The quantitative estimate of drug-likeness (QED) is 0.891. The number of rotatable bonds is 5. The number of benzene rings is 2. The molecule has 2 aromatic carbocycles. The molecule has 0 saturated carbocycles. The lowest BCUT2D eigenvalue weighted by atomic mass is 10.2. The van der Waals surface area contributed by atoms with Crippen molar-refractivity contribution in [2.45, 2.75) is 13.5 Å². The lowest BCUT2D eigenvalue weighted by Gasteiger charge is -2.17. The van der Waals surface area contributed by atoms with E-state index in [1.807, 2.05) is 43.3 Å². The van der Waals surface area contributed by atoms with Gasteiger partial charge in [0.2, 0.25) is 5.91 Å². The minimum atomic E-state index is 0.0500. The summed E-state index contributed by atoms with van der Waals surface area (Å²) in [5.41, 5.74) is 3.14. The Hall–Kier alpha value is -2.78. The van der Waals surface area contributed by atoms with Gasteiger partial charge in [0.25, 0.3) is 0 Å². The molecule has 0 unspecified atom stereocenters. The zero-order chi connectivity index (χ0) is 17.6. The summed E-state index contributed by atoms with van der Waals surface area (Å²) in [7, 11) is 0. The minimum Gasteiger partial charge on any atom is -0.384 e. The van der Waals surface area contributed by atoms with Crippen LogP contribution in [0.15, 0.2) is 53.5 Å². The van der Waals surface area contributed by atoms with E-state index >= 15 is 0 Å². The second kappa shape index (κ2) is 7.86. The molecule has 1 fully saturated rings. The third-order valence-electron chi connectivity index (χ3n) is 3.75. The number of amidine groups is 1. The molecule has 2 aromatic rings. The van der Waals surface area contributed by atoms with E-state index in [1.165, 1.54) is 11.8 Å². The standard InChI is InChI=1S/C19H18N4OS/c1-2-21-16-9-8-15(11-20)10-17(16)22-19-23(18(24)13-25-19)12-14-6-4-3-5-7-14/h3-10,21H,2,12-13H2,1H3/b22-19-. The number of anilines is 1. The van der Waals surface area contributed by atoms with Crippen LogP contribution >= 0.6 is 11.8 Å². The Morgan fingerprint density at radius 2 is 2.08 bits per heavy atom. The van der Waals surface area contributed by atoms with Gasteiger partial charge in [0, 0.05) is 6.54 Å². The van der Waals surface area contributed by atoms with E-state index in [-0.39, 0.29) is 5.91 Å². The molecule has 0 spiro atoms. The summed E-state index contributed by atoms with van der Waals surface area (Å²) in [6.07, 6.45) is 0. The summed E-state index contributed by atoms with van der Waals surface area (Å²) < 4.78 is 0. The highest BCUT2D eigenvalue weighted by molar-refractivity contribution is 8.15. The Balaban J connectivity index is 1.93. The highest BCUT2D eigenvalue weighted by Gasteiger charge is 2.28. The van der Waals surface area contributed by atoms with Gasteiger partial charge in [-0.2, -0.15) is 5.26 Å². The normalized spacial score (nSPS) is 15.4. The minimum absolute atomic E-state index is 0.0500. The average molecular weight is 350 g/mol. The molecule has 1 heterocycles. The zero-order valence-corrected chi connectivity index (χ0v) is 14.7. The van der Waals surface area contributed by atoms with Crippen molar-refractivity contribution in [3.05, 3.63) is 59.7 Å². The molecule has 25 heavy (non-hydrogen) atoms. The van der Waals surface area contributed by atoms with Crippen molar-refractivity contribution in [1.29, 1.82) is 5.26 Å². The van der Waals surface area contributed by atoms with Crippen molar-refractivity contribution >= 4 is 34.2 Å². The van der Waals surface area contributed by atoms with E-state index in [4.69, 9.17) is 5.26 Å². The van der Waals surface area contributed by atoms with Crippen LogP contribution in [0.5, 0.6) is 0 Å². The van der Waals surface area contributed by atoms with E-state index in [1.54, 1.807) is 17.0 Å². The van der Waals surface area contributed by atoms with Gasteiger partial charge >= 0.3 is 0 Å². The first-order chi connectivity index (χ1) is 12.2. The maximum Gasteiger partial charge on any atom is 0.239 e. The third-order valence-corrected chi connectivity index (χ3v) is 4.71. The number of nitriles is 1. The number of amides is 1. The van der Waals surface area contributed by atoms with Gasteiger partial charge in [-0.1, -0.05) is 42.1 Å². The van der Waals surface area contributed by atoms with Gasteiger partial charge in [-0.3, -0.25) is 9.69 Å². The van der Waals surface area contributed by atoms with Crippen LogP contribution in [0.4, 0.5) is 11.4 Å². The highest BCUT2D eigenvalue weighted by atomic mass is 32.2. The lowest BCUT2D eigenvalue weighted by Crippen LogP contribution is -2.28. The van der Waals surface area contributed by atoms with E-state index < -0.39 is 0 Å². The number of carbonyl (C=O) groups excluding carboxylic acids is 1. The number of nitrogens with zero attached hydrogens (tertiary/aromatic N) is 3. The molecule has 0 aliphatic carbocycles. The number of nitrogens with one attached hydrogen (secondary N) is 1. The van der Waals surface area contributed by atoms with Crippen molar-refractivity contribution in [2.75, 3.05) is 17.6 Å². The Morgan fingerprint density at radius 3 is 2.80 bits per heavy atom. The molecule has 6 heteroatoms. The van der Waals surface area contributed by atoms with Crippen LogP contribution in [0.2, 0.25) is 0 Å². The van der Waals surface area contributed by atoms with Crippen molar-refractivity contribution in [3.8, 4) is 6.07 Å². The number of carbonyl (C=O) groups is 1. The smallest absolute Gasteiger partial charge is 0.239 e. The van der Waals surface area contributed by atoms with E-state index in [9.17, 15) is 4.79 Å². The average Bonchev–Trinajstić information content (AvgIpc) is 2.97. The molecule has 0 aromatic heterocycles. The maximum atomic E-state index is 12.3. The van der Waals surface area contributed by atoms with Crippen LogP contribution in [-0.2, 0) is 11.3 Å². The van der Waals surface area contributed by atoms with Gasteiger partial charge in [-0.05, 0) is 30.7 Å². The number of aliphatic imine (C=N–C) groups is 1. The van der Waals surface area contributed by atoms with Crippen molar-refractivity contribution in [1.82, 2.24) is 4.90 Å². The molecule has 1 saturated heterocycles. The van der Waals surface area contributed by atoms with Gasteiger partial charge in [0.15, 0.2) is 5.17 Å². The Morgan fingerprint density at radius 1 is 1.28 bits per heavy atom. The molecule has 1 amide bonds. The first kappa shape index (κ1) is 17.1. The molecule has 0 radical (unpaired) electrons. The van der Waals surface area contributed by atoms with Crippen LogP contribution in [0, 0.1) is 11.3 Å². The van der Waals surface area contributed by atoms with E-state index in [0.717, 1.165) is 17.8 Å². The summed E-state index contributed by atoms with van der Waals surface area (Å²) in [6, 6.07) is 17.4. The molecular formula is C19H18N4OS. The molecule has 1 N–H and O–H groups in total. The number of hydrogen-bond donors (Lipinski definition) is 1. The van der Waals surface area contributed by atoms with Crippen LogP contribution < -0.4 is 5.32 Å². The first-order valence-corrected chi connectivity index (χ1v) is 9.03. The largest absolute Gasteiger partial charge is 0.384 e. The lowest BCUT2D eigenvalue weighted by molar-refractivity contribution is -0.124. The summed E-state index contributed by atoms with van der Waals surface area (Å²) in [5, 5.41) is 13.1. The monoisotopic (exact) mass is 350 g/mol. The predicted molar refractivity (Wildman–Crippen MR) is 102 cm³/mol. The Labute approximate surface area is 151 Å². The van der Waals surface area contributed by atoms with Gasteiger partial charge < -0.3 is 5.32 Å². The second-order valence-corrected chi connectivity index (χ2v) is 6.47. The molecular weight excluding hydrogens is 332 g/mol. The third kappa shape index (κ3) is 4.01. The van der Waals surface area contributed by atoms with Crippen LogP contribution in [0.1, 0.15) is 18.1 Å². The molecule has 126 valence electrons. The molecule has 3 rings (SSSR count). The Bertz CT molecular complexity index is 842. The molecule has 0 bridgehead atoms. The number of hydrogen-bond acceptors (Lipinski definition) is 5. The Kier molecular flexibility index (Phi) is 5.36. The molecule has 1 aliphatic heterocycles. The fourth-order valence-electron chi connectivity index (χ4n) is 2.54. The fraction of sp³-hybridized carbons (Fsp3) is 0.211. The van der Waals surface area contributed by atoms with E-state index in [0.29, 0.717) is 28.7 Å². The topological polar surface area (TPSA) is 68.5 Å². The maximum absolute atomic E-state index is 12.3. The van der Waals surface area contributed by atoms with Crippen molar-refractivity contribution < 1.29 is 4.79 Å². The van der Waals surface area contributed by atoms with Gasteiger partial charge in [0.05, 0.1) is 35.3 Å². The fourth-order valence-corrected chi connectivity index (χ4v) is 3.43. The van der Waals surface area contributed by atoms with Gasteiger partial charge in [0.1, 0.15) is 0 Å².